The lowest BCUT2D eigenvalue weighted by Gasteiger charge is -2.31. The second-order valence-electron chi connectivity index (χ2n) is 8.02. The van der Waals surface area contributed by atoms with Crippen LogP contribution in [0.3, 0.4) is 0 Å². The highest BCUT2D eigenvalue weighted by molar-refractivity contribution is 6.32. The Kier molecular flexibility index (Phi) is 6.05. The van der Waals surface area contributed by atoms with Crippen molar-refractivity contribution in [1.82, 2.24) is 9.55 Å². The lowest BCUT2D eigenvalue weighted by Crippen LogP contribution is -2.31. The lowest BCUT2D eigenvalue weighted by molar-refractivity contribution is -0.113. The minimum Gasteiger partial charge on any atom is -0.495 e. The Morgan fingerprint density at radius 1 is 1.00 bits per heavy atom. The fourth-order valence-corrected chi connectivity index (χ4v) is 4.87. The summed E-state index contributed by atoms with van der Waals surface area (Å²) in [5, 5.41) is 7.20. The fourth-order valence-electron chi connectivity index (χ4n) is 4.40. The first kappa shape index (κ1) is 23.1. The number of halogens is 2. The van der Waals surface area contributed by atoms with Gasteiger partial charge in [-0.2, -0.15) is 0 Å². The Morgan fingerprint density at radius 3 is 2.46 bits per heavy atom. The standard InChI is InChI=1S/C26H22Cl2N4O3/c1-14-23(25(33)30-19-13-21(34-2)17(28)12-22(19)35-3)24(15-8-4-5-9-16(15)27)32-20-11-7-6-10-18(20)31-26(32)29-14/h4-13,24H,1-3H3,(H,29,31)(H,30,33). The number of carbonyl (C=O) groups excluding carboxylic acids is 1. The number of aromatic nitrogens is 2. The molecule has 0 bridgehead atoms. The highest BCUT2D eigenvalue weighted by atomic mass is 35.5. The predicted molar refractivity (Wildman–Crippen MR) is 139 cm³/mol. The zero-order valence-electron chi connectivity index (χ0n) is 19.2. The maximum Gasteiger partial charge on any atom is 0.255 e. The number of allylic oxidation sites excluding steroid dienone is 1. The molecule has 1 unspecified atom stereocenters. The zero-order chi connectivity index (χ0) is 24.7. The van der Waals surface area contributed by atoms with Gasteiger partial charge in [0.2, 0.25) is 5.95 Å². The summed E-state index contributed by atoms with van der Waals surface area (Å²) >= 11 is 12.9. The van der Waals surface area contributed by atoms with E-state index >= 15 is 0 Å². The van der Waals surface area contributed by atoms with Crippen molar-refractivity contribution >= 4 is 51.8 Å². The molecule has 0 radical (unpaired) electrons. The number of nitrogens with one attached hydrogen (secondary N) is 2. The van der Waals surface area contributed by atoms with E-state index in [4.69, 9.17) is 37.7 Å². The second kappa shape index (κ2) is 9.17. The third-order valence-corrected chi connectivity index (χ3v) is 6.64. The van der Waals surface area contributed by atoms with Crippen molar-refractivity contribution in [1.29, 1.82) is 0 Å². The van der Waals surface area contributed by atoms with Crippen LogP contribution in [-0.4, -0.2) is 29.7 Å². The SMILES string of the molecule is COc1cc(NC(=O)C2=C(C)Nc3nc4ccccc4n3C2c2ccccc2Cl)c(OC)cc1Cl. The smallest absolute Gasteiger partial charge is 0.255 e. The number of benzene rings is 3. The molecule has 0 aliphatic carbocycles. The number of imidazole rings is 1. The molecule has 1 aliphatic heterocycles. The van der Waals surface area contributed by atoms with Gasteiger partial charge in [-0.25, -0.2) is 4.98 Å². The van der Waals surface area contributed by atoms with Crippen LogP contribution < -0.4 is 20.1 Å². The van der Waals surface area contributed by atoms with Crippen LogP contribution in [0.4, 0.5) is 11.6 Å². The van der Waals surface area contributed by atoms with Gasteiger partial charge in [0.15, 0.2) is 0 Å². The van der Waals surface area contributed by atoms with E-state index in [1.807, 2.05) is 60.0 Å². The van der Waals surface area contributed by atoms with E-state index in [-0.39, 0.29) is 5.91 Å². The summed E-state index contributed by atoms with van der Waals surface area (Å²) in [5.41, 5.74) is 4.05. The number of carbonyl (C=O) groups is 1. The highest BCUT2D eigenvalue weighted by Crippen LogP contribution is 2.42. The minimum absolute atomic E-state index is 0.328. The molecular weight excluding hydrogens is 487 g/mol. The molecular formula is C26H22Cl2N4O3. The summed E-state index contributed by atoms with van der Waals surface area (Å²) in [6.45, 7) is 1.85. The molecule has 1 atom stereocenters. The van der Waals surface area contributed by atoms with Crippen molar-refractivity contribution in [2.75, 3.05) is 24.9 Å². The molecule has 5 rings (SSSR count). The minimum atomic E-state index is -0.521. The van der Waals surface area contributed by atoms with Crippen LogP contribution in [0.25, 0.3) is 11.0 Å². The quantitative estimate of drug-likeness (QED) is 0.331. The third-order valence-electron chi connectivity index (χ3n) is 6.00. The van der Waals surface area contributed by atoms with E-state index in [1.165, 1.54) is 14.2 Å². The van der Waals surface area contributed by atoms with Gasteiger partial charge in [0, 0.05) is 22.9 Å². The number of ether oxygens (including phenoxy) is 2. The molecule has 35 heavy (non-hydrogen) atoms. The Morgan fingerprint density at radius 2 is 1.71 bits per heavy atom. The highest BCUT2D eigenvalue weighted by Gasteiger charge is 2.35. The topological polar surface area (TPSA) is 77.4 Å². The third kappa shape index (κ3) is 3.96. The van der Waals surface area contributed by atoms with Crippen LogP contribution in [0.15, 0.2) is 71.9 Å². The van der Waals surface area contributed by atoms with E-state index in [0.717, 1.165) is 16.6 Å². The molecule has 0 spiro atoms. The molecule has 1 amide bonds. The van der Waals surface area contributed by atoms with Gasteiger partial charge in [0.1, 0.15) is 11.5 Å². The van der Waals surface area contributed by atoms with Crippen LogP contribution >= 0.6 is 23.2 Å². The van der Waals surface area contributed by atoms with Gasteiger partial charge in [0.05, 0.1) is 47.6 Å². The summed E-state index contributed by atoms with van der Waals surface area (Å²) in [4.78, 5) is 18.6. The van der Waals surface area contributed by atoms with Crippen LogP contribution in [0.1, 0.15) is 18.5 Å². The van der Waals surface area contributed by atoms with Crippen molar-refractivity contribution in [3.63, 3.8) is 0 Å². The lowest BCUT2D eigenvalue weighted by atomic mass is 9.94. The van der Waals surface area contributed by atoms with Crippen LogP contribution in [0, 0.1) is 0 Å². The van der Waals surface area contributed by atoms with E-state index in [1.54, 1.807) is 12.1 Å². The molecule has 9 heteroatoms. The summed E-state index contributed by atoms with van der Waals surface area (Å²) in [6, 6.07) is 18.0. The monoisotopic (exact) mass is 508 g/mol. The molecule has 0 saturated carbocycles. The number of para-hydroxylation sites is 2. The summed E-state index contributed by atoms with van der Waals surface area (Å²) in [5.74, 6) is 1.14. The summed E-state index contributed by atoms with van der Waals surface area (Å²) in [6.07, 6.45) is 0. The Hall–Kier alpha value is -3.68. The first-order chi connectivity index (χ1) is 16.9. The second-order valence-corrected chi connectivity index (χ2v) is 8.84. The maximum atomic E-state index is 13.9. The summed E-state index contributed by atoms with van der Waals surface area (Å²) in [7, 11) is 3.02. The largest absolute Gasteiger partial charge is 0.495 e. The van der Waals surface area contributed by atoms with Crippen molar-refractivity contribution in [3.8, 4) is 11.5 Å². The molecule has 178 valence electrons. The van der Waals surface area contributed by atoms with Gasteiger partial charge in [0.25, 0.3) is 5.91 Å². The first-order valence-corrected chi connectivity index (χ1v) is 11.6. The van der Waals surface area contributed by atoms with Crippen molar-refractivity contribution in [3.05, 3.63) is 87.5 Å². The fraction of sp³-hybridized carbons (Fsp3) is 0.154. The predicted octanol–water partition coefficient (Wildman–Crippen LogP) is 6.29. The van der Waals surface area contributed by atoms with Crippen LogP contribution in [-0.2, 0) is 4.79 Å². The average Bonchev–Trinajstić information content (AvgIpc) is 3.22. The Labute approximate surface area is 212 Å². The average molecular weight is 509 g/mol. The van der Waals surface area contributed by atoms with E-state index in [9.17, 15) is 4.79 Å². The summed E-state index contributed by atoms with van der Waals surface area (Å²) < 4.78 is 12.8. The van der Waals surface area contributed by atoms with Crippen molar-refractivity contribution in [2.24, 2.45) is 0 Å². The molecule has 2 heterocycles. The number of anilines is 2. The van der Waals surface area contributed by atoms with Gasteiger partial charge in [-0.15, -0.1) is 0 Å². The van der Waals surface area contributed by atoms with E-state index in [0.29, 0.717) is 44.5 Å². The van der Waals surface area contributed by atoms with E-state index < -0.39 is 6.04 Å². The first-order valence-electron chi connectivity index (χ1n) is 10.8. The van der Waals surface area contributed by atoms with Crippen molar-refractivity contribution < 1.29 is 14.3 Å². The van der Waals surface area contributed by atoms with Crippen LogP contribution in [0.5, 0.6) is 11.5 Å². The molecule has 3 aromatic carbocycles. The van der Waals surface area contributed by atoms with Gasteiger partial charge < -0.3 is 20.1 Å². The number of nitrogens with zero attached hydrogens (tertiary/aromatic N) is 2. The number of hydrogen-bond donors (Lipinski definition) is 2. The van der Waals surface area contributed by atoms with Crippen molar-refractivity contribution in [2.45, 2.75) is 13.0 Å². The van der Waals surface area contributed by atoms with Gasteiger partial charge in [-0.3, -0.25) is 9.36 Å². The van der Waals surface area contributed by atoms with Gasteiger partial charge in [-0.05, 0) is 30.7 Å². The molecule has 0 saturated heterocycles. The number of rotatable bonds is 5. The Bertz CT molecular complexity index is 1500. The maximum absolute atomic E-state index is 13.9. The number of methoxy groups -OCH3 is 2. The molecule has 7 nitrogen and oxygen atoms in total. The number of fused-ring (bicyclic) bond motifs is 3. The van der Waals surface area contributed by atoms with Gasteiger partial charge >= 0.3 is 0 Å². The zero-order valence-corrected chi connectivity index (χ0v) is 20.7. The van der Waals surface area contributed by atoms with Gasteiger partial charge in [-0.1, -0.05) is 53.5 Å². The number of amides is 1. The van der Waals surface area contributed by atoms with Crippen LogP contribution in [0.2, 0.25) is 10.0 Å². The molecule has 1 aliphatic rings. The molecule has 0 fully saturated rings. The molecule has 4 aromatic rings. The Balaban J connectivity index is 1.66. The molecule has 1 aromatic heterocycles. The van der Waals surface area contributed by atoms with E-state index in [2.05, 4.69) is 10.6 Å². The normalized spacial score (nSPS) is 14.9. The molecule has 2 N–H and O–H groups in total. The number of hydrogen-bond acceptors (Lipinski definition) is 5.